The van der Waals surface area contributed by atoms with Gasteiger partial charge in [0.15, 0.2) is 0 Å². The first-order valence-electron chi connectivity index (χ1n) is 7.51. The molecule has 1 aromatic heterocycles. The number of nitrogen functional groups attached to an aromatic ring is 1. The van der Waals surface area contributed by atoms with Gasteiger partial charge in [-0.25, -0.2) is 4.68 Å². The van der Waals surface area contributed by atoms with Crippen LogP contribution >= 0.6 is 0 Å². The van der Waals surface area contributed by atoms with Crippen LogP contribution in [-0.4, -0.2) is 21.0 Å². The molecule has 1 heterocycles. The van der Waals surface area contributed by atoms with Gasteiger partial charge in [0, 0.05) is 0 Å². The molecule has 1 aromatic carbocycles. The van der Waals surface area contributed by atoms with E-state index in [4.69, 9.17) is 11.0 Å². The topological polar surface area (TPSA) is 87.9 Å². The highest BCUT2D eigenvalue weighted by Gasteiger charge is 2.23. The fourth-order valence-electron chi connectivity index (χ4n) is 2.68. The fraction of sp³-hybridized carbons (Fsp3) is 0.412. The van der Waals surface area contributed by atoms with Crippen molar-refractivity contribution in [1.82, 2.24) is 9.78 Å². The highest BCUT2D eigenvalue weighted by atomic mass is 16.3. The van der Waals surface area contributed by atoms with Crippen LogP contribution in [0.5, 0.6) is 0 Å². The van der Waals surface area contributed by atoms with Crippen LogP contribution in [-0.2, 0) is 6.42 Å². The van der Waals surface area contributed by atoms with Gasteiger partial charge in [0.1, 0.15) is 17.5 Å². The van der Waals surface area contributed by atoms with Crippen LogP contribution in [0.2, 0.25) is 0 Å². The molecule has 116 valence electrons. The molecule has 0 radical (unpaired) electrons. The van der Waals surface area contributed by atoms with Crippen molar-refractivity contribution in [2.75, 3.05) is 5.73 Å². The third-order valence-corrected chi connectivity index (χ3v) is 3.91. The molecule has 2 rings (SSSR count). The number of aryl methyl sites for hydroxylation is 2. The molecule has 22 heavy (non-hydrogen) atoms. The minimum atomic E-state index is -0.580. The number of hydrogen-bond donors (Lipinski definition) is 2. The van der Waals surface area contributed by atoms with Gasteiger partial charge in [0.25, 0.3) is 0 Å². The Morgan fingerprint density at radius 1 is 1.36 bits per heavy atom. The average Bonchev–Trinajstić information content (AvgIpc) is 2.78. The zero-order valence-corrected chi connectivity index (χ0v) is 13.0. The molecule has 2 unspecified atom stereocenters. The maximum Gasteiger partial charge on any atom is 0.140 e. The molecule has 0 aliphatic heterocycles. The summed E-state index contributed by atoms with van der Waals surface area (Å²) in [5.74, 6) is 0.339. The molecule has 2 aromatic rings. The van der Waals surface area contributed by atoms with Crippen LogP contribution in [0.25, 0.3) is 0 Å². The van der Waals surface area contributed by atoms with Crippen LogP contribution in [0.3, 0.4) is 0 Å². The first kappa shape index (κ1) is 16.1. The summed E-state index contributed by atoms with van der Waals surface area (Å²) in [6.07, 6.45) is 2.03. The van der Waals surface area contributed by atoms with Gasteiger partial charge in [-0.05, 0) is 38.7 Å². The van der Waals surface area contributed by atoms with E-state index >= 15 is 0 Å². The molecule has 0 fully saturated rings. The Morgan fingerprint density at radius 3 is 2.59 bits per heavy atom. The predicted octanol–water partition coefficient (Wildman–Crippen LogP) is 2.59. The van der Waals surface area contributed by atoms with Crippen LogP contribution in [0.4, 0.5) is 5.82 Å². The van der Waals surface area contributed by atoms with Gasteiger partial charge in [0.05, 0.1) is 17.8 Å². The van der Waals surface area contributed by atoms with E-state index in [0.717, 1.165) is 19.3 Å². The molecule has 0 bridgehead atoms. The smallest absolute Gasteiger partial charge is 0.140 e. The van der Waals surface area contributed by atoms with Crippen LogP contribution in [0.1, 0.15) is 42.6 Å². The SMILES string of the molecule is Cc1nn(C(CCCc2ccccc2)C(C)O)c(N)c1C#N. The van der Waals surface area contributed by atoms with Gasteiger partial charge in [0.2, 0.25) is 0 Å². The standard InChI is InChI=1S/C17H22N4O/c1-12-15(11-18)17(19)21(20-12)16(13(2)22)10-6-9-14-7-4-3-5-8-14/h3-5,7-8,13,16,22H,6,9-10,19H2,1-2H3. The van der Waals surface area contributed by atoms with E-state index in [-0.39, 0.29) is 6.04 Å². The third-order valence-electron chi connectivity index (χ3n) is 3.91. The Kier molecular flexibility index (Phi) is 5.18. The van der Waals surface area contributed by atoms with E-state index in [1.165, 1.54) is 5.56 Å². The van der Waals surface area contributed by atoms with E-state index in [9.17, 15) is 5.11 Å². The van der Waals surface area contributed by atoms with E-state index in [0.29, 0.717) is 17.1 Å². The molecule has 0 amide bonds. The minimum Gasteiger partial charge on any atom is -0.391 e. The number of benzene rings is 1. The average molecular weight is 298 g/mol. The van der Waals surface area contributed by atoms with Crippen molar-refractivity contribution in [2.24, 2.45) is 0 Å². The largest absolute Gasteiger partial charge is 0.391 e. The van der Waals surface area contributed by atoms with Crippen molar-refractivity contribution in [1.29, 1.82) is 5.26 Å². The Morgan fingerprint density at radius 2 is 2.05 bits per heavy atom. The van der Waals surface area contributed by atoms with Crippen molar-refractivity contribution >= 4 is 5.82 Å². The summed E-state index contributed by atoms with van der Waals surface area (Å²) >= 11 is 0. The lowest BCUT2D eigenvalue weighted by molar-refractivity contribution is 0.117. The highest BCUT2D eigenvalue weighted by molar-refractivity contribution is 5.51. The Hall–Kier alpha value is -2.32. The monoisotopic (exact) mass is 298 g/mol. The summed E-state index contributed by atoms with van der Waals surface area (Å²) in [6.45, 7) is 3.49. The van der Waals surface area contributed by atoms with E-state index in [2.05, 4.69) is 23.3 Å². The van der Waals surface area contributed by atoms with E-state index in [1.54, 1.807) is 18.5 Å². The number of aromatic nitrogens is 2. The number of aliphatic hydroxyl groups excluding tert-OH is 1. The van der Waals surface area contributed by atoms with E-state index < -0.39 is 6.10 Å². The van der Waals surface area contributed by atoms with Crippen molar-refractivity contribution in [2.45, 2.75) is 45.3 Å². The first-order valence-corrected chi connectivity index (χ1v) is 7.51. The van der Waals surface area contributed by atoms with Gasteiger partial charge in [-0.3, -0.25) is 0 Å². The summed E-state index contributed by atoms with van der Waals surface area (Å²) < 4.78 is 1.60. The molecule has 0 aliphatic carbocycles. The number of anilines is 1. The van der Waals surface area contributed by atoms with Crippen molar-refractivity contribution in [3.05, 3.63) is 47.2 Å². The number of rotatable bonds is 6. The molecule has 5 heteroatoms. The number of hydrogen-bond acceptors (Lipinski definition) is 4. The summed E-state index contributed by atoms with van der Waals surface area (Å²) in [6, 6.07) is 12.1. The van der Waals surface area contributed by atoms with Crippen molar-refractivity contribution in [3.63, 3.8) is 0 Å². The van der Waals surface area contributed by atoms with E-state index in [1.807, 2.05) is 18.2 Å². The second-order valence-corrected chi connectivity index (χ2v) is 5.59. The molecular weight excluding hydrogens is 276 g/mol. The summed E-state index contributed by atoms with van der Waals surface area (Å²) in [4.78, 5) is 0. The maximum atomic E-state index is 10.1. The van der Waals surface area contributed by atoms with Crippen LogP contribution < -0.4 is 5.73 Å². The van der Waals surface area contributed by atoms with Crippen molar-refractivity contribution < 1.29 is 5.11 Å². The molecule has 0 saturated heterocycles. The van der Waals surface area contributed by atoms with Crippen LogP contribution in [0, 0.1) is 18.3 Å². The van der Waals surface area contributed by atoms with Gasteiger partial charge in [-0.2, -0.15) is 10.4 Å². The van der Waals surface area contributed by atoms with Crippen molar-refractivity contribution in [3.8, 4) is 6.07 Å². The second kappa shape index (κ2) is 7.10. The number of nitrogens with two attached hydrogens (primary N) is 1. The summed E-state index contributed by atoms with van der Waals surface area (Å²) in [5.41, 5.74) is 8.28. The second-order valence-electron chi connectivity index (χ2n) is 5.59. The molecule has 3 N–H and O–H groups in total. The quantitative estimate of drug-likeness (QED) is 0.858. The predicted molar refractivity (Wildman–Crippen MR) is 86.2 cm³/mol. The van der Waals surface area contributed by atoms with Gasteiger partial charge >= 0.3 is 0 Å². The summed E-state index contributed by atoms with van der Waals surface area (Å²) in [7, 11) is 0. The van der Waals surface area contributed by atoms with Gasteiger partial charge < -0.3 is 10.8 Å². The fourth-order valence-corrected chi connectivity index (χ4v) is 2.68. The third kappa shape index (κ3) is 3.46. The number of nitrogens with zero attached hydrogens (tertiary/aromatic N) is 3. The molecule has 0 saturated carbocycles. The minimum absolute atomic E-state index is 0.218. The Bertz CT molecular complexity index is 655. The maximum absolute atomic E-state index is 10.1. The summed E-state index contributed by atoms with van der Waals surface area (Å²) in [5, 5.41) is 23.5. The molecule has 0 aliphatic rings. The molecule has 2 atom stereocenters. The zero-order valence-electron chi connectivity index (χ0n) is 13.0. The zero-order chi connectivity index (χ0) is 16.1. The first-order chi connectivity index (χ1) is 10.5. The Balaban J connectivity index is 2.09. The highest BCUT2D eigenvalue weighted by Crippen LogP contribution is 2.26. The van der Waals surface area contributed by atoms with Gasteiger partial charge in [-0.15, -0.1) is 0 Å². The lowest BCUT2D eigenvalue weighted by Gasteiger charge is -2.21. The normalized spacial score (nSPS) is 13.5. The van der Waals surface area contributed by atoms with Crippen LogP contribution in [0.15, 0.2) is 30.3 Å². The Labute approximate surface area is 131 Å². The molecule has 5 nitrogen and oxygen atoms in total. The lowest BCUT2D eigenvalue weighted by Crippen LogP contribution is -2.24. The molecule has 0 spiro atoms. The number of nitriles is 1. The number of aliphatic hydroxyl groups is 1. The van der Waals surface area contributed by atoms with Gasteiger partial charge in [-0.1, -0.05) is 30.3 Å². The lowest BCUT2D eigenvalue weighted by atomic mass is 10.0. The molecular formula is C17H22N4O.